The molecule has 2 N–H and O–H groups in total. The first kappa shape index (κ1) is 33.8. The first-order valence-corrected chi connectivity index (χ1v) is 15.0. The minimum Gasteiger partial charge on any atom is -0.464 e. The predicted molar refractivity (Wildman–Crippen MR) is 169 cm³/mol. The van der Waals surface area contributed by atoms with Gasteiger partial charge in [-0.1, -0.05) is 92.9 Å². The number of allylic oxidation sites excluding steroid dienone is 3. The van der Waals surface area contributed by atoms with Gasteiger partial charge < -0.3 is 14.8 Å². The number of benzene rings is 2. The molecule has 1 aliphatic rings. The SMILES string of the molecule is C=N/C(=C\C(=C/C)C[C@H]1C(=O)N(C(=O)NC(c2ccccc2)c2ccccc2)[C@@H]1C(=O)OCC)NC(=O)OCCCCCC. The highest BCUT2D eigenvalue weighted by Gasteiger charge is 2.55. The van der Waals surface area contributed by atoms with Gasteiger partial charge in [0, 0.05) is 0 Å². The molecule has 0 aromatic heterocycles. The predicted octanol–water partition coefficient (Wildman–Crippen LogP) is 6.06. The molecule has 10 heteroatoms. The largest absolute Gasteiger partial charge is 0.464 e. The Balaban J connectivity index is 1.75. The second-order valence-corrected chi connectivity index (χ2v) is 10.3. The maximum atomic E-state index is 13.6. The maximum absolute atomic E-state index is 13.6. The van der Waals surface area contributed by atoms with Crippen LogP contribution in [-0.4, -0.2) is 54.9 Å². The number of urea groups is 1. The number of esters is 1. The molecule has 0 bridgehead atoms. The van der Waals surface area contributed by atoms with Crippen LogP contribution in [-0.2, 0) is 19.1 Å². The van der Waals surface area contributed by atoms with E-state index in [1.54, 1.807) is 26.0 Å². The Labute approximate surface area is 259 Å². The number of alkyl carbamates (subject to hydrolysis) is 1. The molecule has 1 saturated heterocycles. The lowest BCUT2D eigenvalue weighted by Gasteiger charge is -2.44. The number of amides is 4. The monoisotopic (exact) mass is 602 g/mol. The molecule has 1 heterocycles. The van der Waals surface area contributed by atoms with Crippen LogP contribution < -0.4 is 10.6 Å². The molecule has 0 aliphatic carbocycles. The van der Waals surface area contributed by atoms with Crippen LogP contribution in [0.3, 0.4) is 0 Å². The van der Waals surface area contributed by atoms with Crippen molar-refractivity contribution in [2.75, 3.05) is 13.2 Å². The van der Waals surface area contributed by atoms with E-state index in [2.05, 4.69) is 29.3 Å². The first-order chi connectivity index (χ1) is 21.3. The topological polar surface area (TPSA) is 126 Å². The number of nitrogens with one attached hydrogen (secondary N) is 2. The zero-order chi connectivity index (χ0) is 31.9. The normalized spacial score (nSPS) is 16.6. The van der Waals surface area contributed by atoms with E-state index in [0.29, 0.717) is 5.57 Å². The third-order valence-corrected chi connectivity index (χ3v) is 7.27. The van der Waals surface area contributed by atoms with Crippen LogP contribution in [0.1, 0.15) is 70.0 Å². The van der Waals surface area contributed by atoms with Crippen molar-refractivity contribution in [1.29, 1.82) is 0 Å². The number of β-lactam (4-membered cyclic amide) rings is 1. The lowest BCUT2D eigenvalue weighted by atomic mass is 9.82. The van der Waals surface area contributed by atoms with Crippen LogP contribution in [0.25, 0.3) is 0 Å². The number of carbonyl (C=O) groups is 4. The van der Waals surface area contributed by atoms with Gasteiger partial charge >= 0.3 is 18.1 Å². The van der Waals surface area contributed by atoms with E-state index < -0.39 is 42.0 Å². The van der Waals surface area contributed by atoms with Crippen molar-refractivity contribution in [3.8, 4) is 0 Å². The van der Waals surface area contributed by atoms with Crippen molar-refractivity contribution in [3.63, 3.8) is 0 Å². The molecule has 1 fully saturated rings. The fraction of sp³-hybridized carbons (Fsp3) is 0.382. The second-order valence-electron chi connectivity index (χ2n) is 10.3. The summed E-state index contributed by atoms with van der Waals surface area (Å²) < 4.78 is 10.5. The Morgan fingerprint density at radius 3 is 2.16 bits per heavy atom. The fourth-order valence-electron chi connectivity index (χ4n) is 4.96. The van der Waals surface area contributed by atoms with Crippen molar-refractivity contribution in [2.45, 2.75) is 65.0 Å². The number of carbonyl (C=O) groups excluding carboxylic acids is 4. The van der Waals surface area contributed by atoms with Crippen LogP contribution in [0.15, 0.2) is 89.2 Å². The summed E-state index contributed by atoms with van der Waals surface area (Å²) in [6.07, 6.45) is 6.64. The number of nitrogens with zero attached hydrogens (tertiary/aromatic N) is 2. The highest BCUT2D eigenvalue weighted by Crippen LogP contribution is 2.34. The number of likely N-dealkylation sites (tertiary alicyclic amines) is 1. The highest BCUT2D eigenvalue weighted by molar-refractivity contribution is 6.08. The van der Waals surface area contributed by atoms with Gasteiger partial charge in [-0.05, 0) is 56.2 Å². The summed E-state index contributed by atoms with van der Waals surface area (Å²) in [5.41, 5.74) is 2.25. The van der Waals surface area contributed by atoms with Gasteiger partial charge in [0.05, 0.1) is 25.2 Å². The molecule has 0 radical (unpaired) electrons. The molecule has 2 atom stereocenters. The third-order valence-electron chi connectivity index (χ3n) is 7.27. The van der Waals surface area contributed by atoms with Crippen LogP contribution in [0, 0.1) is 5.92 Å². The molecule has 0 unspecified atom stereocenters. The van der Waals surface area contributed by atoms with Gasteiger partial charge in [0.1, 0.15) is 5.82 Å². The van der Waals surface area contributed by atoms with Gasteiger partial charge in [-0.25, -0.2) is 24.3 Å². The first-order valence-electron chi connectivity index (χ1n) is 15.0. The lowest BCUT2D eigenvalue weighted by molar-refractivity contribution is -0.169. The third kappa shape index (κ3) is 9.13. The second kappa shape index (κ2) is 17.4. The molecular weight excluding hydrogens is 560 g/mol. The molecule has 2 aromatic carbocycles. The molecule has 4 amide bonds. The number of imide groups is 1. The van der Waals surface area contributed by atoms with Crippen LogP contribution >= 0.6 is 0 Å². The molecule has 0 saturated carbocycles. The zero-order valence-electron chi connectivity index (χ0n) is 25.7. The Bertz CT molecular complexity index is 1300. The maximum Gasteiger partial charge on any atom is 0.412 e. The van der Waals surface area contributed by atoms with Crippen molar-refractivity contribution < 1.29 is 28.7 Å². The summed E-state index contributed by atoms with van der Waals surface area (Å²) in [5.74, 6) is -1.90. The van der Waals surface area contributed by atoms with Crippen LogP contribution in [0.2, 0.25) is 0 Å². The minimum atomic E-state index is -1.13. The summed E-state index contributed by atoms with van der Waals surface area (Å²) in [5, 5.41) is 5.49. The van der Waals surface area contributed by atoms with Gasteiger partial charge in [0.25, 0.3) is 0 Å². The van der Waals surface area contributed by atoms with E-state index in [1.165, 1.54) is 0 Å². The van der Waals surface area contributed by atoms with Crippen molar-refractivity contribution in [2.24, 2.45) is 10.9 Å². The van der Waals surface area contributed by atoms with E-state index in [1.807, 2.05) is 60.7 Å². The molecule has 44 heavy (non-hydrogen) atoms. The van der Waals surface area contributed by atoms with Gasteiger partial charge in [0.15, 0.2) is 6.04 Å². The zero-order valence-corrected chi connectivity index (χ0v) is 25.7. The minimum absolute atomic E-state index is 0.0910. The number of ether oxygens (including phenoxy) is 2. The molecule has 1 aliphatic heterocycles. The average molecular weight is 603 g/mol. The molecular formula is C34H42N4O6. The number of rotatable bonds is 15. The Hall–Kier alpha value is -4.73. The Kier molecular flexibility index (Phi) is 13.4. The quantitative estimate of drug-likeness (QED) is 0.0839. The summed E-state index contributed by atoms with van der Waals surface area (Å²) in [6.45, 7) is 9.42. The molecule has 234 valence electrons. The van der Waals surface area contributed by atoms with E-state index in [9.17, 15) is 19.2 Å². The summed E-state index contributed by atoms with van der Waals surface area (Å²) in [4.78, 5) is 57.1. The van der Waals surface area contributed by atoms with Gasteiger partial charge in [-0.2, -0.15) is 0 Å². The van der Waals surface area contributed by atoms with E-state index in [4.69, 9.17) is 9.47 Å². The van der Waals surface area contributed by atoms with Crippen LogP contribution in [0.4, 0.5) is 9.59 Å². The molecule has 10 nitrogen and oxygen atoms in total. The van der Waals surface area contributed by atoms with E-state index in [-0.39, 0.29) is 25.5 Å². The fourth-order valence-corrected chi connectivity index (χ4v) is 4.96. The summed E-state index contributed by atoms with van der Waals surface area (Å²) >= 11 is 0. The van der Waals surface area contributed by atoms with Gasteiger partial charge in [0.2, 0.25) is 5.91 Å². The number of hydrogen-bond donors (Lipinski definition) is 2. The summed E-state index contributed by atoms with van der Waals surface area (Å²) in [7, 11) is 0. The van der Waals surface area contributed by atoms with Gasteiger partial charge in [-0.15, -0.1) is 0 Å². The summed E-state index contributed by atoms with van der Waals surface area (Å²) in [6, 6.07) is 16.4. The number of unbranched alkanes of at least 4 members (excludes halogenated alkanes) is 3. The van der Waals surface area contributed by atoms with Crippen LogP contribution in [0.5, 0.6) is 0 Å². The van der Waals surface area contributed by atoms with Crippen molar-refractivity contribution in [3.05, 3.63) is 95.3 Å². The van der Waals surface area contributed by atoms with E-state index in [0.717, 1.165) is 41.7 Å². The average Bonchev–Trinajstić information content (AvgIpc) is 3.04. The highest BCUT2D eigenvalue weighted by atomic mass is 16.5. The molecule has 2 aromatic rings. The van der Waals surface area contributed by atoms with Gasteiger partial charge in [-0.3, -0.25) is 10.1 Å². The Morgan fingerprint density at radius 1 is 0.977 bits per heavy atom. The number of aliphatic imine (C=N–C) groups is 1. The Morgan fingerprint density at radius 2 is 1.61 bits per heavy atom. The van der Waals surface area contributed by atoms with Crippen molar-refractivity contribution in [1.82, 2.24) is 15.5 Å². The standard InChI is InChI=1S/C34H42N4O6/c1-5-8-9-16-21-44-34(42)36-28(35-4)23-24(6-2)22-27-30(32(40)43-7-3)38(31(27)39)33(41)37-29(25-17-12-10-13-18-25)26-19-14-11-15-20-26/h6,10-15,17-20,23,27,29-30H,4-5,7-9,16,21-22H2,1-3H3,(H,36,42)(H,37,41)/b24-6-,28-23+/t27-,30+/m1/s1. The smallest absolute Gasteiger partial charge is 0.412 e. The number of hydrogen-bond acceptors (Lipinski definition) is 7. The van der Waals surface area contributed by atoms with Crippen molar-refractivity contribution >= 4 is 30.7 Å². The molecule has 0 spiro atoms. The lowest BCUT2D eigenvalue weighted by Crippen LogP contribution is -2.68. The molecule has 3 rings (SSSR count). The van der Waals surface area contributed by atoms with E-state index >= 15 is 0 Å².